The van der Waals surface area contributed by atoms with Gasteiger partial charge < -0.3 is 5.32 Å². The van der Waals surface area contributed by atoms with E-state index in [1.807, 2.05) is 0 Å². The highest BCUT2D eigenvalue weighted by atomic mass is 15.2. The van der Waals surface area contributed by atoms with Crippen molar-refractivity contribution in [1.82, 2.24) is 10.2 Å². The predicted molar refractivity (Wildman–Crippen MR) is 76.4 cm³/mol. The number of hydrogen-bond acceptors (Lipinski definition) is 2. The van der Waals surface area contributed by atoms with Gasteiger partial charge in [-0.2, -0.15) is 0 Å². The molecule has 0 aliphatic carbocycles. The van der Waals surface area contributed by atoms with Crippen LogP contribution in [0.3, 0.4) is 0 Å². The second kappa shape index (κ2) is 6.55. The highest BCUT2D eigenvalue weighted by Gasteiger charge is 2.21. The average Bonchev–Trinajstić information content (AvgIpc) is 2.26. The summed E-state index contributed by atoms with van der Waals surface area (Å²) in [6.07, 6.45) is 5.41. The van der Waals surface area contributed by atoms with Crippen LogP contribution < -0.4 is 5.32 Å². The Hall–Kier alpha value is -0.340. The molecule has 1 heterocycles. The zero-order chi connectivity index (χ0) is 12.9. The van der Waals surface area contributed by atoms with Crippen molar-refractivity contribution < 1.29 is 0 Å². The topological polar surface area (TPSA) is 15.3 Å². The predicted octanol–water partition coefficient (Wildman–Crippen LogP) is 3.20. The molecule has 17 heavy (non-hydrogen) atoms. The van der Waals surface area contributed by atoms with E-state index in [2.05, 4.69) is 44.5 Å². The summed E-state index contributed by atoms with van der Waals surface area (Å²) in [5.41, 5.74) is 1.51. The van der Waals surface area contributed by atoms with Gasteiger partial charge in [0.1, 0.15) is 0 Å². The summed E-state index contributed by atoms with van der Waals surface area (Å²) in [7, 11) is 0. The molecule has 2 heteroatoms. The van der Waals surface area contributed by atoms with E-state index in [4.69, 9.17) is 0 Å². The molecule has 2 nitrogen and oxygen atoms in total. The third-order valence-corrected chi connectivity index (χ3v) is 3.52. The minimum Gasteiger partial charge on any atom is -0.308 e. The normalized spacial score (nSPS) is 22.7. The molecule has 0 saturated carbocycles. The summed E-state index contributed by atoms with van der Waals surface area (Å²) in [6, 6.07) is 0.787. The number of nitrogens with zero attached hydrogens (tertiary/aromatic N) is 1. The van der Waals surface area contributed by atoms with Crippen molar-refractivity contribution in [2.45, 2.75) is 65.0 Å². The number of hydrogen-bond donors (Lipinski definition) is 1. The van der Waals surface area contributed by atoms with Crippen LogP contribution in [0.15, 0.2) is 12.2 Å². The minimum atomic E-state index is 0.189. The lowest BCUT2D eigenvalue weighted by molar-refractivity contribution is 0.156. The monoisotopic (exact) mass is 238 g/mol. The van der Waals surface area contributed by atoms with Gasteiger partial charge in [-0.3, -0.25) is 4.90 Å². The molecule has 1 N–H and O–H groups in total. The first-order valence-corrected chi connectivity index (χ1v) is 7.08. The van der Waals surface area contributed by atoms with Crippen molar-refractivity contribution in [1.29, 1.82) is 0 Å². The van der Waals surface area contributed by atoms with Crippen LogP contribution in [-0.4, -0.2) is 36.1 Å². The van der Waals surface area contributed by atoms with Gasteiger partial charge in [-0.15, -0.1) is 0 Å². The minimum absolute atomic E-state index is 0.189. The summed E-state index contributed by atoms with van der Waals surface area (Å²) in [5.74, 6) is 0. The number of nitrogens with one attached hydrogen (secondary N) is 1. The first kappa shape index (κ1) is 14.7. The Morgan fingerprint density at radius 1 is 1.35 bits per heavy atom. The third-order valence-electron chi connectivity index (χ3n) is 3.52. The van der Waals surface area contributed by atoms with Crippen molar-refractivity contribution in [2.75, 3.05) is 19.6 Å². The van der Waals surface area contributed by atoms with Crippen LogP contribution in [0.2, 0.25) is 0 Å². The SMILES string of the molecule is C=C(CNC(C)(C)C)CN1CCCCC1CC. The summed E-state index contributed by atoms with van der Waals surface area (Å²) in [5, 5.41) is 3.52. The molecule has 1 rings (SSSR count). The van der Waals surface area contributed by atoms with Crippen LogP contribution in [0.25, 0.3) is 0 Å². The zero-order valence-electron chi connectivity index (χ0n) is 12.2. The van der Waals surface area contributed by atoms with Crippen molar-refractivity contribution in [3.63, 3.8) is 0 Å². The molecule has 100 valence electrons. The van der Waals surface area contributed by atoms with Crippen LogP contribution in [0.1, 0.15) is 53.4 Å². The molecule has 1 saturated heterocycles. The number of rotatable bonds is 5. The van der Waals surface area contributed by atoms with Crippen LogP contribution >= 0.6 is 0 Å². The Kier molecular flexibility index (Phi) is 5.68. The highest BCUT2D eigenvalue weighted by Crippen LogP contribution is 2.20. The van der Waals surface area contributed by atoms with Crippen molar-refractivity contribution in [3.05, 3.63) is 12.2 Å². The van der Waals surface area contributed by atoms with Gasteiger partial charge >= 0.3 is 0 Å². The Labute approximate surface area is 107 Å². The first-order valence-electron chi connectivity index (χ1n) is 7.08. The van der Waals surface area contributed by atoms with Gasteiger partial charge in [-0.25, -0.2) is 0 Å². The summed E-state index contributed by atoms with van der Waals surface area (Å²) < 4.78 is 0. The number of piperidine rings is 1. The standard InChI is InChI=1S/C15H30N2/c1-6-14-9-7-8-10-17(14)12-13(2)11-16-15(3,4)5/h14,16H,2,6-12H2,1,3-5H3. The Balaban J connectivity index is 2.33. The van der Waals surface area contributed by atoms with Gasteiger partial charge in [0, 0.05) is 24.7 Å². The molecule has 0 aromatic rings. The van der Waals surface area contributed by atoms with E-state index in [1.165, 1.54) is 37.8 Å². The lowest BCUT2D eigenvalue weighted by atomic mass is 9.99. The fourth-order valence-corrected chi connectivity index (χ4v) is 2.46. The third kappa shape index (κ3) is 5.69. The van der Waals surface area contributed by atoms with E-state index >= 15 is 0 Å². The maximum absolute atomic E-state index is 4.22. The van der Waals surface area contributed by atoms with Crippen LogP contribution in [-0.2, 0) is 0 Å². The number of likely N-dealkylation sites (tertiary alicyclic amines) is 1. The first-order chi connectivity index (χ1) is 7.92. The van der Waals surface area contributed by atoms with Crippen molar-refractivity contribution in [2.24, 2.45) is 0 Å². The van der Waals surface area contributed by atoms with Crippen LogP contribution in [0.4, 0.5) is 0 Å². The zero-order valence-corrected chi connectivity index (χ0v) is 12.2. The van der Waals surface area contributed by atoms with Gasteiger partial charge in [0.2, 0.25) is 0 Å². The van der Waals surface area contributed by atoms with E-state index < -0.39 is 0 Å². The molecular formula is C15H30N2. The molecule has 1 aliphatic heterocycles. The van der Waals surface area contributed by atoms with Crippen molar-refractivity contribution >= 4 is 0 Å². The van der Waals surface area contributed by atoms with E-state index in [0.29, 0.717) is 0 Å². The van der Waals surface area contributed by atoms with Gasteiger partial charge in [0.15, 0.2) is 0 Å². The molecule has 0 aromatic heterocycles. The largest absolute Gasteiger partial charge is 0.308 e. The molecule has 0 spiro atoms. The van der Waals surface area contributed by atoms with Crippen LogP contribution in [0, 0.1) is 0 Å². The maximum Gasteiger partial charge on any atom is 0.0205 e. The van der Waals surface area contributed by atoms with Gasteiger partial charge in [-0.1, -0.05) is 19.9 Å². The van der Waals surface area contributed by atoms with E-state index in [9.17, 15) is 0 Å². The average molecular weight is 238 g/mol. The Morgan fingerprint density at radius 2 is 2.06 bits per heavy atom. The molecule has 1 fully saturated rings. The summed E-state index contributed by atoms with van der Waals surface area (Å²) in [6.45, 7) is 16.4. The molecule has 0 radical (unpaired) electrons. The smallest absolute Gasteiger partial charge is 0.0205 e. The Morgan fingerprint density at radius 3 is 2.65 bits per heavy atom. The second-order valence-electron chi connectivity index (χ2n) is 6.38. The molecule has 1 aliphatic rings. The van der Waals surface area contributed by atoms with E-state index in [-0.39, 0.29) is 5.54 Å². The fraction of sp³-hybridized carbons (Fsp3) is 0.867. The molecule has 1 unspecified atom stereocenters. The molecule has 0 bridgehead atoms. The van der Waals surface area contributed by atoms with Gasteiger partial charge in [-0.05, 0) is 52.2 Å². The molecular weight excluding hydrogens is 208 g/mol. The van der Waals surface area contributed by atoms with E-state index in [0.717, 1.165) is 19.1 Å². The lowest BCUT2D eigenvalue weighted by Crippen LogP contribution is -2.43. The highest BCUT2D eigenvalue weighted by molar-refractivity contribution is 5.02. The molecule has 0 amide bonds. The summed E-state index contributed by atoms with van der Waals surface area (Å²) in [4.78, 5) is 2.62. The molecule has 0 aromatic carbocycles. The van der Waals surface area contributed by atoms with Gasteiger partial charge in [0.25, 0.3) is 0 Å². The van der Waals surface area contributed by atoms with E-state index in [1.54, 1.807) is 0 Å². The fourth-order valence-electron chi connectivity index (χ4n) is 2.46. The maximum atomic E-state index is 4.22. The second-order valence-corrected chi connectivity index (χ2v) is 6.38. The Bertz CT molecular complexity index is 240. The lowest BCUT2D eigenvalue weighted by Gasteiger charge is -2.36. The van der Waals surface area contributed by atoms with Crippen LogP contribution in [0.5, 0.6) is 0 Å². The van der Waals surface area contributed by atoms with Crippen molar-refractivity contribution in [3.8, 4) is 0 Å². The van der Waals surface area contributed by atoms with Gasteiger partial charge in [0.05, 0.1) is 0 Å². The summed E-state index contributed by atoms with van der Waals surface area (Å²) >= 11 is 0. The quantitative estimate of drug-likeness (QED) is 0.740. The molecule has 1 atom stereocenters.